The Morgan fingerprint density at radius 1 is 1.60 bits per heavy atom. The van der Waals surface area contributed by atoms with Crippen molar-refractivity contribution in [2.75, 3.05) is 6.67 Å². The Labute approximate surface area is 60.8 Å². The molecule has 0 amide bonds. The van der Waals surface area contributed by atoms with Crippen LogP contribution in [-0.2, 0) is 0 Å². The molecule has 1 nitrogen and oxygen atoms in total. The highest BCUT2D eigenvalue weighted by molar-refractivity contribution is 5.06. The molecule has 0 heterocycles. The molecule has 2 aliphatic carbocycles. The molecule has 0 radical (unpaired) electrons. The van der Waals surface area contributed by atoms with Crippen LogP contribution in [0.5, 0.6) is 0 Å². The van der Waals surface area contributed by atoms with E-state index in [0.29, 0.717) is 12.0 Å². The van der Waals surface area contributed by atoms with Gasteiger partial charge in [0, 0.05) is 11.5 Å². The van der Waals surface area contributed by atoms with E-state index < -0.39 is 0 Å². The van der Waals surface area contributed by atoms with Crippen molar-refractivity contribution in [3.63, 3.8) is 0 Å². The normalized spacial score (nSPS) is 52.2. The van der Waals surface area contributed by atoms with Crippen LogP contribution in [0.3, 0.4) is 0 Å². The average Bonchev–Trinajstić information content (AvgIpc) is 2.62. The molecule has 0 saturated heterocycles. The van der Waals surface area contributed by atoms with Gasteiger partial charge in [0.15, 0.2) is 0 Å². The van der Waals surface area contributed by atoms with E-state index in [1.165, 1.54) is 0 Å². The summed E-state index contributed by atoms with van der Waals surface area (Å²) < 4.78 is 12.4. The van der Waals surface area contributed by atoms with Crippen molar-refractivity contribution in [1.82, 2.24) is 0 Å². The van der Waals surface area contributed by atoms with E-state index in [1.54, 1.807) is 0 Å². The fourth-order valence-electron chi connectivity index (χ4n) is 2.26. The van der Waals surface area contributed by atoms with Crippen molar-refractivity contribution in [3.8, 4) is 0 Å². The van der Waals surface area contributed by atoms with Crippen LogP contribution in [0.2, 0.25) is 0 Å². The number of halogens is 1. The molecule has 0 aromatic heterocycles. The zero-order chi connectivity index (χ0) is 7.19. The molecule has 58 valence electrons. The van der Waals surface area contributed by atoms with Crippen molar-refractivity contribution in [2.24, 2.45) is 17.1 Å². The van der Waals surface area contributed by atoms with Crippen LogP contribution in [0.25, 0.3) is 0 Å². The van der Waals surface area contributed by atoms with E-state index in [-0.39, 0.29) is 12.1 Å². The van der Waals surface area contributed by atoms with Gasteiger partial charge in [0.1, 0.15) is 0 Å². The lowest BCUT2D eigenvalue weighted by molar-refractivity contribution is 0.244. The molecule has 3 atom stereocenters. The van der Waals surface area contributed by atoms with Gasteiger partial charge in [0.2, 0.25) is 0 Å². The number of alkyl halides is 1. The number of hydrogen-bond acceptors (Lipinski definition) is 1. The predicted molar refractivity (Wildman–Crippen MR) is 38.3 cm³/mol. The van der Waals surface area contributed by atoms with E-state index in [4.69, 9.17) is 5.73 Å². The first-order chi connectivity index (χ1) is 4.77. The molecular formula is C8H14FN. The molecule has 2 fully saturated rings. The van der Waals surface area contributed by atoms with Crippen molar-refractivity contribution >= 4 is 0 Å². The maximum atomic E-state index is 12.4. The van der Waals surface area contributed by atoms with Crippen LogP contribution in [0, 0.1) is 11.3 Å². The minimum atomic E-state index is -0.107. The second-order valence-electron chi connectivity index (χ2n) is 3.93. The number of fused-ring (bicyclic) bond motifs is 1. The fourth-order valence-corrected chi connectivity index (χ4v) is 2.26. The first kappa shape index (κ1) is 6.59. The smallest absolute Gasteiger partial charge is 0.0953 e. The molecule has 2 saturated carbocycles. The number of hydrogen-bond donors (Lipinski definition) is 1. The Balaban J connectivity index is 1.98. The minimum absolute atomic E-state index is 0.107. The molecule has 0 aromatic carbocycles. The first-order valence-electron chi connectivity index (χ1n) is 4.08. The molecule has 0 aromatic rings. The van der Waals surface area contributed by atoms with Crippen molar-refractivity contribution < 1.29 is 4.39 Å². The Morgan fingerprint density at radius 2 is 2.40 bits per heavy atom. The molecule has 2 N–H and O–H groups in total. The summed E-state index contributed by atoms with van der Waals surface area (Å²) in [6.07, 6.45) is 4.26. The van der Waals surface area contributed by atoms with Gasteiger partial charge in [-0.1, -0.05) is 0 Å². The number of rotatable bonds is 1. The second-order valence-corrected chi connectivity index (χ2v) is 3.93. The van der Waals surface area contributed by atoms with Crippen molar-refractivity contribution in [3.05, 3.63) is 0 Å². The average molecular weight is 143 g/mol. The third kappa shape index (κ3) is 0.782. The summed E-state index contributed by atoms with van der Waals surface area (Å²) in [5.41, 5.74) is 5.86. The molecule has 0 spiro atoms. The minimum Gasteiger partial charge on any atom is -0.328 e. The van der Waals surface area contributed by atoms with E-state index in [2.05, 4.69) is 0 Å². The zero-order valence-electron chi connectivity index (χ0n) is 6.15. The highest BCUT2D eigenvalue weighted by atomic mass is 19.1. The van der Waals surface area contributed by atoms with E-state index >= 15 is 0 Å². The molecular weight excluding hydrogens is 129 g/mol. The van der Waals surface area contributed by atoms with Gasteiger partial charge in [0.05, 0.1) is 6.67 Å². The molecule has 0 aliphatic heterocycles. The van der Waals surface area contributed by atoms with Gasteiger partial charge in [0.25, 0.3) is 0 Å². The van der Waals surface area contributed by atoms with E-state index in [9.17, 15) is 4.39 Å². The Bertz CT molecular complexity index is 148. The summed E-state index contributed by atoms with van der Waals surface area (Å²) in [6, 6.07) is 0.368. The fraction of sp³-hybridized carbons (Fsp3) is 1.00. The van der Waals surface area contributed by atoms with Gasteiger partial charge in [-0.05, 0) is 31.6 Å². The summed E-state index contributed by atoms with van der Waals surface area (Å²) in [5, 5.41) is 0. The topological polar surface area (TPSA) is 26.0 Å². The summed E-state index contributed by atoms with van der Waals surface area (Å²) in [6.45, 7) is -0.107. The van der Waals surface area contributed by atoms with Crippen molar-refractivity contribution in [2.45, 2.75) is 31.7 Å². The molecule has 3 unspecified atom stereocenters. The van der Waals surface area contributed by atoms with Crippen LogP contribution in [0.4, 0.5) is 4.39 Å². The van der Waals surface area contributed by atoms with Crippen LogP contribution < -0.4 is 5.73 Å². The highest BCUT2D eigenvalue weighted by Crippen LogP contribution is 2.61. The standard InChI is InChI=1S/C8H14FN/c9-5-8-2-1-7(10)3-6(8)4-8/h6-7H,1-5,10H2. The van der Waals surface area contributed by atoms with E-state index in [0.717, 1.165) is 25.7 Å². The Kier molecular flexibility index (Phi) is 1.28. The largest absolute Gasteiger partial charge is 0.328 e. The summed E-state index contributed by atoms with van der Waals surface area (Å²) >= 11 is 0. The third-order valence-corrected chi connectivity index (χ3v) is 3.23. The quantitative estimate of drug-likeness (QED) is 0.591. The highest BCUT2D eigenvalue weighted by Gasteiger charge is 2.56. The van der Waals surface area contributed by atoms with Crippen molar-refractivity contribution in [1.29, 1.82) is 0 Å². The summed E-state index contributed by atoms with van der Waals surface area (Å²) in [5.74, 6) is 0.640. The SMILES string of the molecule is NC1CCC2(CF)CC2C1. The predicted octanol–water partition coefficient (Wildman–Crippen LogP) is 1.47. The lowest BCUT2D eigenvalue weighted by Crippen LogP contribution is -2.28. The maximum Gasteiger partial charge on any atom is 0.0953 e. The summed E-state index contributed by atoms with van der Waals surface area (Å²) in [7, 11) is 0. The third-order valence-electron chi connectivity index (χ3n) is 3.23. The first-order valence-corrected chi connectivity index (χ1v) is 4.08. The lowest BCUT2D eigenvalue weighted by atomic mass is 9.87. The van der Waals surface area contributed by atoms with Gasteiger partial charge < -0.3 is 5.73 Å². The lowest BCUT2D eigenvalue weighted by Gasteiger charge is -2.23. The Hall–Kier alpha value is -0.110. The molecule has 10 heavy (non-hydrogen) atoms. The number of nitrogens with two attached hydrogens (primary N) is 1. The van der Waals surface area contributed by atoms with Gasteiger partial charge >= 0.3 is 0 Å². The van der Waals surface area contributed by atoms with E-state index in [1.807, 2.05) is 0 Å². The van der Waals surface area contributed by atoms with Crippen LogP contribution in [0.1, 0.15) is 25.7 Å². The van der Waals surface area contributed by atoms with Gasteiger partial charge in [-0.15, -0.1) is 0 Å². The van der Waals surface area contributed by atoms with Crippen LogP contribution in [0.15, 0.2) is 0 Å². The summed E-state index contributed by atoms with van der Waals surface area (Å²) in [4.78, 5) is 0. The maximum absolute atomic E-state index is 12.4. The molecule has 0 bridgehead atoms. The zero-order valence-corrected chi connectivity index (χ0v) is 6.15. The molecule has 2 heteroatoms. The van der Waals surface area contributed by atoms with Gasteiger partial charge in [-0.2, -0.15) is 0 Å². The van der Waals surface area contributed by atoms with Crippen LogP contribution in [-0.4, -0.2) is 12.7 Å². The molecule has 2 rings (SSSR count). The van der Waals surface area contributed by atoms with Crippen LogP contribution >= 0.6 is 0 Å². The monoisotopic (exact) mass is 143 g/mol. The Morgan fingerprint density at radius 3 is 3.00 bits per heavy atom. The van der Waals surface area contributed by atoms with Gasteiger partial charge in [-0.25, -0.2) is 0 Å². The second kappa shape index (κ2) is 1.94. The molecule has 2 aliphatic rings. The van der Waals surface area contributed by atoms with Gasteiger partial charge in [-0.3, -0.25) is 4.39 Å².